The molecule has 0 atom stereocenters. The van der Waals surface area contributed by atoms with Crippen LogP contribution in [-0.2, 0) is 0 Å². The summed E-state index contributed by atoms with van der Waals surface area (Å²) in [6.45, 7) is 2.03. The van der Waals surface area contributed by atoms with Gasteiger partial charge in [-0.15, -0.1) is 0 Å². The van der Waals surface area contributed by atoms with Crippen LogP contribution in [-0.4, -0.2) is 0 Å². The average Bonchev–Trinajstić information content (AvgIpc) is 2.24. The number of benzene rings is 2. The van der Waals surface area contributed by atoms with Crippen LogP contribution in [0, 0.1) is 6.92 Å². The van der Waals surface area contributed by atoms with Crippen molar-refractivity contribution in [3.8, 4) is 11.1 Å². The lowest BCUT2D eigenvalue weighted by Crippen LogP contribution is -1.92. The number of hydrogen-bond donors (Lipinski definition) is 2. The second-order valence-electron chi connectivity index (χ2n) is 3.64. The van der Waals surface area contributed by atoms with Crippen molar-refractivity contribution in [2.45, 2.75) is 6.92 Å². The van der Waals surface area contributed by atoms with Gasteiger partial charge in [-0.3, -0.25) is 0 Å². The molecule has 2 heteroatoms. The second-order valence-corrected chi connectivity index (χ2v) is 3.64. The van der Waals surface area contributed by atoms with Crippen LogP contribution in [0.2, 0.25) is 0 Å². The Labute approximate surface area is 89.5 Å². The molecular formula is C13H14N2. The SMILES string of the molecule is Cc1c(N)cccc1-c1ccc(N)cc1. The van der Waals surface area contributed by atoms with Gasteiger partial charge in [0.1, 0.15) is 0 Å². The number of anilines is 2. The Morgan fingerprint density at radius 2 is 1.53 bits per heavy atom. The van der Waals surface area contributed by atoms with Crippen LogP contribution < -0.4 is 11.5 Å². The van der Waals surface area contributed by atoms with Crippen molar-refractivity contribution >= 4 is 11.4 Å². The van der Waals surface area contributed by atoms with E-state index in [4.69, 9.17) is 11.5 Å². The van der Waals surface area contributed by atoms with Crippen molar-refractivity contribution in [3.05, 3.63) is 48.0 Å². The van der Waals surface area contributed by atoms with Gasteiger partial charge in [-0.05, 0) is 41.8 Å². The molecule has 76 valence electrons. The maximum Gasteiger partial charge on any atom is 0.0349 e. The molecule has 0 radical (unpaired) electrons. The molecule has 2 nitrogen and oxygen atoms in total. The van der Waals surface area contributed by atoms with E-state index in [-0.39, 0.29) is 0 Å². The van der Waals surface area contributed by atoms with Crippen LogP contribution in [0.5, 0.6) is 0 Å². The van der Waals surface area contributed by atoms with E-state index in [1.165, 1.54) is 0 Å². The lowest BCUT2D eigenvalue weighted by atomic mass is 9.99. The molecule has 4 N–H and O–H groups in total. The summed E-state index contributed by atoms with van der Waals surface area (Å²) in [5, 5.41) is 0. The molecule has 0 unspecified atom stereocenters. The molecule has 2 rings (SSSR count). The first-order valence-corrected chi connectivity index (χ1v) is 4.89. The Kier molecular flexibility index (Phi) is 2.34. The summed E-state index contributed by atoms with van der Waals surface area (Å²) in [7, 11) is 0. The van der Waals surface area contributed by atoms with Crippen molar-refractivity contribution in [1.29, 1.82) is 0 Å². The molecule has 0 fully saturated rings. The highest BCUT2D eigenvalue weighted by molar-refractivity contribution is 5.73. The zero-order valence-corrected chi connectivity index (χ0v) is 8.70. The van der Waals surface area contributed by atoms with Crippen molar-refractivity contribution in [1.82, 2.24) is 0 Å². The highest BCUT2D eigenvalue weighted by Crippen LogP contribution is 2.27. The quantitative estimate of drug-likeness (QED) is 0.692. The zero-order valence-electron chi connectivity index (χ0n) is 8.70. The molecule has 0 aliphatic rings. The lowest BCUT2D eigenvalue weighted by molar-refractivity contribution is 1.46. The third-order valence-corrected chi connectivity index (χ3v) is 2.60. The summed E-state index contributed by atoms with van der Waals surface area (Å²) in [5.41, 5.74) is 16.5. The molecule has 0 bridgehead atoms. The van der Waals surface area contributed by atoms with Gasteiger partial charge in [0.05, 0.1) is 0 Å². The molecule has 0 aliphatic carbocycles. The summed E-state index contributed by atoms with van der Waals surface area (Å²) in [4.78, 5) is 0. The number of rotatable bonds is 1. The third kappa shape index (κ3) is 1.79. The summed E-state index contributed by atoms with van der Waals surface area (Å²) < 4.78 is 0. The van der Waals surface area contributed by atoms with E-state index < -0.39 is 0 Å². The summed E-state index contributed by atoms with van der Waals surface area (Å²) in [6.07, 6.45) is 0. The average molecular weight is 198 g/mol. The largest absolute Gasteiger partial charge is 0.399 e. The highest BCUT2D eigenvalue weighted by atomic mass is 14.6. The highest BCUT2D eigenvalue weighted by Gasteiger charge is 2.03. The zero-order chi connectivity index (χ0) is 10.8. The second kappa shape index (κ2) is 3.65. The number of nitrogens with two attached hydrogens (primary N) is 2. The van der Waals surface area contributed by atoms with Gasteiger partial charge in [0.15, 0.2) is 0 Å². The third-order valence-electron chi connectivity index (χ3n) is 2.60. The van der Waals surface area contributed by atoms with Gasteiger partial charge in [-0.2, -0.15) is 0 Å². The van der Waals surface area contributed by atoms with Crippen molar-refractivity contribution in [3.63, 3.8) is 0 Å². The minimum atomic E-state index is 0.778. The molecule has 2 aromatic carbocycles. The number of nitrogen functional groups attached to an aromatic ring is 2. The van der Waals surface area contributed by atoms with E-state index in [0.29, 0.717) is 0 Å². The van der Waals surface area contributed by atoms with Crippen molar-refractivity contribution < 1.29 is 0 Å². The normalized spacial score (nSPS) is 10.2. The van der Waals surface area contributed by atoms with E-state index in [0.717, 1.165) is 28.1 Å². The first kappa shape index (κ1) is 9.59. The topological polar surface area (TPSA) is 52.0 Å². The molecule has 0 saturated heterocycles. The van der Waals surface area contributed by atoms with Gasteiger partial charge >= 0.3 is 0 Å². The van der Waals surface area contributed by atoms with E-state index >= 15 is 0 Å². The van der Waals surface area contributed by atoms with E-state index in [1.807, 2.05) is 43.3 Å². The van der Waals surface area contributed by atoms with Crippen LogP contribution in [0.1, 0.15) is 5.56 Å². The molecule has 0 aliphatic heterocycles. The Balaban J connectivity index is 2.54. The predicted molar refractivity (Wildman–Crippen MR) is 65.4 cm³/mol. The smallest absolute Gasteiger partial charge is 0.0349 e. The van der Waals surface area contributed by atoms with E-state index in [9.17, 15) is 0 Å². The standard InChI is InChI=1S/C13H14N2/c1-9-12(3-2-4-13(9)15)10-5-7-11(14)8-6-10/h2-8H,14-15H2,1H3. The maximum atomic E-state index is 5.86. The van der Waals surface area contributed by atoms with Gasteiger partial charge in [0.25, 0.3) is 0 Å². The van der Waals surface area contributed by atoms with Gasteiger partial charge in [-0.25, -0.2) is 0 Å². The molecule has 15 heavy (non-hydrogen) atoms. The first-order chi connectivity index (χ1) is 7.18. The molecule has 0 saturated carbocycles. The Morgan fingerprint density at radius 1 is 0.867 bits per heavy atom. The minimum Gasteiger partial charge on any atom is -0.399 e. The summed E-state index contributed by atoms with van der Waals surface area (Å²) in [5.74, 6) is 0. The monoisotopic (exact) mass is 198 g/mol. The number of hydrogen-bond acceptors (Lipinski definition) is 2. The van der Waals surface area contributed by atoms with E-state index in [2.05, 4.69) is 6.07 Å². The minimum absolute atomic E-state index is 0.778. The lowest BCUT2D eigenvalue weighted by Gasteiger charge is -2.08. The molecule has 0 heterocycles. The van der Waals surface area contributed by atoms with Gasteiger partial charge in [0, 0.05) is 11.4 Å². The van der Waals surface area contributed by atoms with Crippen LogP contribution >= 0.6 is 0 Å². The predicted octanol–water partition coefficient (Wildman–Crippen LogP) is 2.83. The molecular weight excluding hydrogens is 184 g/mol. The molecule has 2 aromatic rings. The van der Waals surface area contributed by atoms with Crippen molar-refractivity contribution in [2.24, 2.45) is 0 Å². The Hall–Kier alpha value is -1.96. The maximum absolute atomic E-state index is 5.86. The first-order valence-electron chi connectivity index (χ1n) is 4.89. The van der Waals surface area contributed by atoms with Crippen LogP contribution in [0.3, 0.4) is 0 Å². The van der Waals surface area contributed by atoms with Gasteiger partial charge in [-0.1, -0.05) is 24.3 Å². The van der Waals surface area contributed by atoms with Crippen LogP contribution in [0.15, 0.2) is 42.5 Å². The molecule has 0 amide bonds. The van der Waals surface area contributed by atoms with Crippen LogP contribution in [0.4, 0.5) is 11.4 Å². The summed E-state index contributed by atoms with van der Waals surface area (Å²) >= 11 is 0. The fraction of sp³-hybridized carbons (Fsp3) is 0.0769. The summed E-state index contributed by atoms with van der Waals surface area (Å²) in [6, 6.07) is 13.8. The van der Waals surface area contributed by atoms with Gasteiger partial charge < -0.3 is 11.5 Å². The van der Waals surface area contributed by atoms with Crippen molar-refractivity contribution in [2.75, 3.05) is 11.5 Å². The Bertz CT molecular complexity index is 472. The molecule has 0 spiro atoms. The van der Waals surface area contributed by atoms with E-state index in [1.54, 1.807) is 0 Å². The fourth-order valence-electron chi connectivity index (χ4n) is 1.63. The molecule has 0 aromatic heterocycles. The fourth-order valence-corrected chi connectivity index (χ4v) is 1.63. The van der Waals surface area contributed by atoms with Gasteiger partial charge in [0.2, 0.25) is 0 Å². The van der Waals surface area contributed by atoms with Crippen LogP contribution in [0.25, 0.3) is 11.1 Å². The Morgan fingerprint density at radius 3 is 2.20 bits per heavy atom.